The third-order valence-corrected chi connectivity index (χ3v) is 4.79. The maximum Gasteiger partial charge on any atom is 0.255 e. The van der Waals surface area contributed by atoms with Crippen molar-refractivity contribution in [3.05, 3.63) is 29.3 Å². The van der Waals surface area contributed by atoms with Crippen molar-refractivity contribution in [2.45, 2.75) is 39.0 Å². The third kappa shape index (κ3) is 3.45. The molecule has 2 rings (SSSR count). The van der Waals surface area contributed by atoms with E-state index in [0.29, 0.717) is 18.0 Å². The van der Waals surface area contributed by atoms with Crippen LogP contribution in [0.1, 0.15) is 48.0 Å². The molecule has 4 heteroatoms. The van der Waals surface area contributed by atoms with E-state index >= 15 is 0 Å². The number of hydrogen-bond donors (Lipinski definition) is 2. The maximum absolute atomic E-state index is 12.2. The van der Waals surface area contributed by atoms with Crippen LogP contribution in [0.5, 0.6) is 5.75 Å². The molecule has 0 aromatic heterocycles. The molecular weight excluding hydrogens is 274 g/mol. The number of phenols is 1. The number of carbonyl (C=O) groups excluding carboxylic acids is 1. The second-order valence-corrected chi connectivity index (χ2v) is 6.16. The van der Waals surface area contributed by atoms with Crippen molar-refractivity contribution >= 4 is 17.5 Å². The normalized spacial score (nSPS) is 17.7. The van der Waals surface area contributed by atoms with E-state index in [1.807, 2.05) is 6.92 Å². The number of aryl methyl sites for hydroxylation is 1. The summed E-state index contributed by atoms with van der Waals surface area (Å²) in [4.78, 5) is 12.2. The highest BCUT2D eigenvalue weighted by molar-refractivity contribution is 6.18. The molecule has 110 valence electrons. The van der Waals surface area contributed by atoms with Crippen LogP contribution in [0.25, 0.3) is 0 Å². The van der Waals surface area contributed by atoms with Crippen molar-refractivity contribution in [1.82, 2.24) is 5.32 Å². The van der Waals surface area contributed by atoms with Crippen LogP contribution in [0.15, 0.2) is 18.2 Å². The zero-order valence-electron chi connectivity index (χ0n) is 11.9. The molecule has 0 bridgehead atoms. The molecule has 1 aromatic carbocycles. The van der Waals surface area contributed by atoms with Gasteiger partial charge < -0.3 is 10.4 Å². The smallest absolute Gasteiger partial charge is 0.255 e. The Labute approximate surface area is 125 Å². The van der Waals surface area contributed by atoms with Crippen LogP contribution < -0.4 is 5.32 Å². The van der Waals surface area contributed by atoms with E-state index in [2.05, 4.69) is 5.32 Å². The number of rotatable bonds is 4. The monoisotopic (exact) mass is 295 g/mol. The fourth-order valence-electron chi connectivity index (χ4n) is 2.85. The van der Waals surface area contributed by atoms with Crippen LogP contribution in [0, 0.1) is 12.3 Å². The number of carbonyl (C=O) groups is 1. The Balaban J connectivity index is 2.02. The maximum atomic E-state index is 12.2. The van der Waals surface area contributed by atoms with Gasteiger partial charge in [-0.1, -0.05) is 30.9 Å². The Morgan fingerprint density at radius 3 is 2.70 bits per heavy atom. The molecule has 0 unspecified atom stereocenters. The second-order valence-electron chi connectivity index (χ2n) is 5.90. The highest BCUT2D eigenvalue weighted by Crippen LogP contribution is 2.36. The summed E-state index contributed by atoms with van der Waals surface area (Å²) in [5.41, 5.74) is 1.32. The Hall–Kier alpha value is -1.22. The lowest BCUT2D eigenvalue weighted by molar-refractivity contribution is 0.0918. The first-order chi connectivity index (χ1) is 9.56. The van der Waals surface area contributed by atoms with Gasteiger partial charge in [0.05, 0.1) is 5.56 Å². The first kappa shape index (κ1) is 15.2. The highest BCUT2D eigenvalue weighted by atomic mass is 35.5. The highest BCUT2D eigenvalue weighted by Gasteiger charge is 2.31. The minimum absolute atomic E-state index is 0.0227. The zero-order valence-corrected chi connectivity index (χ0v) is 12.7. The predicted molar refractivity (Wildman–Crippen MR) is 81.4 cm³/mol. The molecule has 1 aliphatic carbocycles. The summed E-state index contributed by atoms with van der Waals surface area (Å²) in [7, 11) is 0. The van der Waals surface area contributed by atoms with Crippen LogP contribution in [0.2, 0.25) is 0 Å². The lowest BCUT2D eigenvalue weighted by atomic mass is 9.75. The second kappa shape index (κ2) is 6.49. The first-order valence-corrected chi connectivity index (χ1v) is 7.74. The van der Waals surface area contributed by atoms with E-state index in [1.54, 1.807) is 18.2 Å². The van der Waals surface area contributed by atoms with E-state index in [9.17, 15) is 9.90 Å². The number of halogens is 1. The van der Waals surface area contributed by atoms with Crippen molar-refractivity contribution in [3.63, 3.8) is 0 Å². The standard InChI is InChI=1S/C16H22ClNO2/c1-12-5-6-14(19)13(9-12)15(20)18-11-16(10-17)7-3-2-4-8-16/h5-6,9,19H,2-4,7-8,10-11H2,1H3,(H,18,20). The van der Waals surface area contributed by atoms with Gasteiger partial charge in [-0.15, -0.1) is 11.6 Å². The molecule has 0 saturated heterocycles. The van der Waals surface area contributed by atoms with E-state index < -0.39 is 0 Å². The van der Waals surface area contributed by atoms with Gasteiger partial charge in [-0.2, -0.15) is 0 Å². The summed E-state index contributed by atoms with van der Waals surface area (Å²) in [5.74, 6) is 0.380. The van der Waals surface area contributed by atoms with Crippen molar-refractivity contribution in [2.75, 3.05) is 12.4 Å². The molecule has 1 amide bonds. The van der Waals surface area contributed by atoms with Crippen LogP contribution in [0.3, 0.4) is 0 Å². The Bertz CT molecular complexity index is 481. The van der Waals surface area contributed by atoms with Gasteiger partial charge >= 0.3 is 0 Å². The third-order valence-electron chi connectivity index (χ3n) is 4.22. The SMILES string of the molecule is Cc1ccc(O)c(C(=O)NCC2(CCl)CCCCC2)c1. The van der Waals surface area contributed by atoms with Gasteiger partial charge in [0.1, 0.15) is 5.75 Å². The molecular formula is C16H22ClNO2. The average molecular weight is 296 g/mol. The number of amides is 1. The Kier molecular flexibility index (Phi) is 4.92. The van der Waals surface area contributed by atoms with Crippen molar-refractivity contribution in [1.29, 1.82) is 0 Å². The largest absolute Gasteiger partial charge is 0.507 e. The van der Waals surface area contributed by atoms with Crippen LogP contribution in [0.4, 0.5) is 0 Å². The molecule has 1 saturated carbocycles. The summed E-state index contributed by atoms with van der Waals surface area (Å²) >= 11 is 6.12. The molecule has 0 spiro atoms. The summed E-state index contributed by atoms with van der Waals surface area (Å²) < 4.78 is 0. The number of nitrogens with one attached hydrogen (secondary N) is 1. The number of phenolic OH excluding ortho intramolecular Hbond substituents is 1. The molecule has 0 heterocycles. The van der Waals surface area contributed by atoms with Crippen molar-refractivity contribution < 1.29 is 9.90 Å². The fourth-order valence-corrected chi connectivity index (χ4v) is 3.22. The number of aromatic hydroxyl groups is 1. The minimum Gasteiger partial charge on any atom is -0.507 e. The lowest BCUT2D eigenvalue weighted by Gasteiger charge is -2.35. The number of hydrogen-bond acceptors (Lipinski definition) is 2. The topological polar surface area (TPSA) is 49.3 Å². The average Bonchev–Trinajstić information content (AvgIpc) is 2.48. The lowest BCUT2D eigenvalue weighted by Crippen LogP contribution is -2.40. The molecule has 0 atom stereocenters. The molecule has 1 aliphatic rings. The van der Waals surface area contributed by atoms with Crippen molar-refractivity contribution in [2.24, 2.45) is 5.41 Å². The zero-order chi connectivity index (χ0) is 14.6. The minimum atomic E-state index is -0.221. The molecule has 0 radical (unpaired) electrons. The number of benzene rings is 1. The molecule has 0 aliphatic heterocycles. The molecule has 1 aromatic rings. The van der Waals surface area contributed by atoms with E-state index in [1.165, 1.54) is 19.3 Å². The van der Waals surface area contributed by atoms with E-state index in [-0.39, 0.29) is 17.1 Å². The quantitative estimate of drug-likeness (QED) is 0.834. The summed E-state index contributed by atoms with van der Waals surface area (Å²) in [6, 6.07) is 5.05. The van der Waals surface area contributed by atoms with E-state index in [4.69, 9.17) is 11.6 Å². The summed E-state index contributed by atoms with van der Waals surface area (Å²) in [6.07, 6.45) is 5.75. The number of alkyl halides is 1. The molecule has 3 nitrogen and oxygen atoms in total. The van der Waals surface area contributed by atoms with Gasteiger partial charge in [-0.3, -0.25) is 4.79 Å². The first-order valence-electron chi connectivity index (χ1n) is 7.20. The van der Waals surface area contributed by atoms with Gasteiger partial charge in [0.25, 0.3) is 5.91 Å². The fraction of sp³-hybridized carbons (Fsp3) is 0.562. The van der Waals surface area contributed by atoms with Crippen molar-refractivity contribution in [3.8, 4) is 5.75 Å². The Morgan fingerprint density at radius 2 is 2.05 bits per heavy atom. The van der Waals surface area contributed by atoms with E-state index in [0.717, 1.165) is 18.4 Å². The van der Waals surface area contributed by atoms with Gasteiger partial charge in [-0.25, -0.2) is 0 Å². The van der Waals surface area contributed by atoms with Crippen LogP contribution in [-0.2, 0) is 0 Å². The van der Waals surface area contributed by atoms with Gasteiger partial charge in [0, 0.05) is 17.8 Å². The summed E-state index contributed by atoms with van der Waals surface area (Å²) in [5, 5.41) is 12.7. The van der Waals surface area contributed by atoms with Crippen LogP contribution >= 0.6 is 11.6 Å². The predicted octanol–water partition coefficient (Wildman–Crippen LogP) is 3.62. The molecule has 2 N–H and O–H groups in total. The molecule has 1 fully saturated rings. The molecule has 20 heavy (non-hydrogen) atoms. The summed E-state index contributed by atoms with van der Waals surface area (Å²) in [6.45, 7) is 2.49. The van der Waals surface area contributed by atoms with Gasteiger partial charge in [0.2, 0.25) is 0 Å². The van der Waals surface area contributed by atoms with Gasteiger partial charge in [-0.05, 0) is 31.9 Å². The van der Waals surface area contributed by atoms with Crippen LogP contribution in [-0.4, -0.2) is 23.4 Å². The van der Waals surface area contributed by atoms with Gasteiger partial charge in [0.15, 0.2) is 0 Å². The Morgan fingerprint density at radius 1 is 1.35 bits per heavy atom.